The van der Waals surface area contributed by atoms with Gasteiger partial charge in [-0.1, -0.05) is 51.1 Å². The Hall–Kier alpha value is -3.28. The zero-order valence-electron chi connectivity index (χ0n) is 15.9. The van der Waals surface area contributed by atoms with Gasteiger partial charge in [-0.3, -0.25) is 9.59 Å². The monoisotopic (exact) mass is 365 g/mol. The predicted molar refractivity (Wildman–Crippen MR) is 106 cm³/mol. The van der Waals surface area contributed by atoms with E-state index in [1.807, 2.05) is 74.0 Å². The first-order chi connectivity index (χ1) is 12.9. The number of aromatic nitrogens is 2. The molecule has 0 fully saturated rings. The normalized spacial score (nSPS) is 11.3. The first-order valence-corrected chi connectivity index (χ1v) is 8.67. The fourth-order valence-corrected chi connectivity index (χ4v) is 3.22. The van der Waals surface area contributed by atoms with Crippen molar-refractivity contribution in [2.24, 2.45) is 0 Å². The number of hydrogen-bond donors (Lipinski definition) is 1. The zero-order valence-corrected chi connectivity index (χ0v) is 15.9. The van der Waals surface area contributed by atoms with E-state index in [0.717, 1.165) is 5.69 Å². The molecule has 0 aliphatic rings. The zero-order chi connectivity index (χ0) is 19.6. The minimum atomic E-state index is -0.409. The first-order valence-electron chi connectivity index (χ1n) is 8.67. The summed E-state index contributed by atoms with van der Waals surface area (Å²) in [7, 11) is 1.56. The van der Waals surface area contributed by atoms with Gasteiger partial charge in [0, 0.05) is 5.41 Å². The van der Waals surface area contributed by atoms with Crippen LogP contribution in [0.2, 0.25) is 0 Å². The Morgan fingerprint density at radius 1 is 0.963 bits per heavy atom. The van der Waals surface area contributed by atoms with Crippen LogP contribution in [0.5, 0.6) is 5.75 Å². The van der Waals surface area contributed by atoms with Crippen LogP contribution >= 0.6 is 0 Å². The van der Waals surface area contributed by atoms with E-state index in [4.69, 9.17) is 4.74 Å². The van der Waals surface area contributed by atoms with Gasteiger partial charge in [-0.05, 0) is 24.3 Å². The number of anilines is 1. The topological polar surface area (TPSA) is 65.3 Å². The molecule has 2 aromatic carbocycles. The maximum atomic E-state index is 13.4. The van der Waals surface area contributed by atoms with Crippen LogP contribution in [0, 0.1) is 0 Å². The average Bonchev–Trinajstić information content (AvgIpc) is 2.95. The van der Waals surface area contributed by atoms with Gasteiger partial charge in [-0.2, -0.15) is 0 Å². The summed E-state index contributed by atoms with van der Waals surface area (Å²) >= 11 is 0. The van der Waals surface area contributed by atoms with Gasteiger partial charge < -0.3 is 10.1 Å². The third-order valence-electron chi connectivity index (χ3n) is 4.28. The van der Waals surface area contributed by atoms with Crippen molar-refractivity contribution in [3.63, 3.8) is 0 Å². The molecule has 6 nitrogen and oxygen atoms in total. The van der Waals surface area contributed by atoms with Gasteiger partial charge in [0.2, 0.25) is 6.41 Å². The lowest BCUT2D eigenvalue weighted by molar-refractivity contribution is -0.105. The molecule has 140 valence electrons. The number of hydrogen-bond acceptors (Lipinski definition) is 3. The van der Waals surface area contributed by atoms with Crippen molar-refractivity contribution in [2.45, 2.75) is 26.2 Å². The van der Waals surface area contributed by atoms with Crippen molar-refractivity contribution >= 4 is 12.1 Å². The lowest BCUT2D eigenvalue weighted by Crippen LogP contribution is -2.24. The second-order valence-electron chi connectivity index (χ2n) is 7.17. The van der Waals surface area contributed by atoms with Crippen molar-refractivity contribution in [3.05, 3.63) is 70.6 Å². The molecular formula is C21H23N3O3. The number of amides is 1. The van der Waals surface area contributed by atoms with Gasteiger partial charge >= 0.3 is 0 Å². The maximum absolute atomic E-state index is 13.4. The lowest BCUT2D eigenvalue weighted by Gasteiger charge is -2.24. The second-order valence-corrected chi connectivity index (χ2v) is 7.17. The Balaban J connectivity index is 2.50. The number of nitrogens with one attached hydrogen (secondary N) is 1. The molecule has 3 aromatic rings. The van der Waals surface area contributed by atoms with Crippen LogP contribution in [0.4, 0.5) is 5.69 Å². The summed E-state index contributed by atoms with van der Waals surface area (Å²) in [6.07, 6.45) is 0.536. The molecule has 3 rings (SSSR count). The molecule has 1 amide bonds. The van der Waals surface area contributed by atoms with Gasteiger partial charge in [0.05, 0.1) is 18.5 Å². The second kappa shape index (κ2) is 7.15. The highest BCUT2D eigenvalue weighted by molar-refractivity contribution is 5.74. The Kier molecular flexibility index (Phi) is 4.90. The van der Waals surface area contributed by atoms with Crippen molar-refractivity contribution < 1.29 is 9.53 Å². The van der Waals surface area contributed by atoms with Crippen LogP contribution in [0.3, 0.4) is 0 Å². The van der Waals surface area contributed by atoms with Gasteiger partial charge in [-0.15, -0.1) is 0 Å². The number of rotatable bonds is 5. The molecule has 0 saturated heterocycles. The molecule has 0 aliphatic carbocycles. The van der Waals surface area contributed by atoms with Crippen LogP contribution in [-0.4, -0.2) is 22.9 Å². The standard InChI is InChI=1S/C21H23N3O3/c1-21(2,3)19-18(22-14-25)20(26)24(16-12-8-9-13-17(16)27-4)23(19)15-10-6-5-7-11-15/h5-14H,1-4H3,(H,22,25). The Morgan fingerprint density at radius 3 is 2.19 bits per heavy atom. The van der Waals surface area contributed by atoms with Crippen LogP contribution in [0.1, 0.15) is 26.5 Å². The largest absolute Gasteiger partial charge is 0.494 e. The highest BCUT2D eigenvalue weighted by Crippen LogP contribution is 2.33. The third kappa shape index (κ3) is 3.26. The number of carbonyl (C=O) groups is 1. The molecular weight excluding hydrogens is 342 g/mol. The molecule has 1 heterocycles. The molecule has 0 bridgehead atoms. The Bertz CT molecular complexity index is 1010. The molecule has 0 unspecified atom stereocenters. The van der Waals surface area contributed by atoms with E-state index in [2.05, 4.69) is 5.32 Å². The molecule has 0 spiro atoms. The van der Waals surface area contributed by atoms with Crippen molar-refractivity contribution in [1.29, 1.82) is 0 Å². The van der Waals surface area contributed by atoms with E-state index in [1.54, 1.807) is 17.9 Å². The van der Waals surface area contributed by atoms with Crippen molar-refractivity contribution in [1.82, 2.24) is 9.36 Å². The number of benzene rings is 2. The molecule has 1 N–H and O–H groups in total. The minimum absolute atomic E-state index is 0.257. The summed E-state index contributed by atoms with van der Waals surface area (Å²) in [5.41, 5.74) is 1.64. The quantitative estimate of drug-likeness (QED) is 0.704. The smallest absolute Gasteiger partial charge is 0.295 e. The highest BCUT2D eigenvalue weighted by atomic mass is 16.5. The summed E-state index contributed by atoms with van der Waals surface area (Å²) in [6.45, 7) is 6.01. The van der Waals surface area contributed by atoms with Crippen LogP contribution < -0.4 is 15.6 Å². The van der Waals surface area contributed by atoms with Crippen molar-refractivity contribution in [3.8, 4) is 17.1 Å². The van der Waals surface area contributed by atoms with E-state index < -0.39 is 5.41 Å². The summed E-state index contributed by atoms with van der Waals surface area (Å²) in [5, 5.41) is 2.61. The molecule has 1 aromatic heterocycles. The van der Waals surface area contributed by atoms with Crippen molar-refractivity contribution in [2.75, 3.05) is 12.4 Å². The first kappa shape index (κ1) is 18.5. The summed E-state index contributed by atoms with van der Waals surface area (Å²) in [5.74, 6) is 0.562. The summed E-state index contributed by atoms with van der Waals surface area (Å²) in [6, 6.07) is 16.9. The van der Waals surface area contributed by atoms with E-state index in [9.17, 15) is 9.59 Å². The fraction of sp³-hybridized carbons (Fsp3) is 0.238. The number of methoxy groups -OCH3 is 1. The van der Waals surface area contributed by atoms with Gasteiger partial charge in [0.1, 0.15) is 17.1 Å². The van der Waals surface area contributed by atoms with Crippen LogP contribution in [0.15, 0.2) is 59.4 Å². The molecule has 6 heteroatoms. The Morgan fingerprint density at radius 2 is 1.59 bits per heavy atom. The summed E-state index contributed by atoms with van der Waals surface area (Å²) in [4.78, 5) is 24.6. The van der Waals surface area contributed by atoms with E-state index in [1.165, 1.54) is 0 Å². The van der Waals surface area contributed by atoms with Crippen LogP contribution in [-0.2, 0) is 10.2 Å². The molecule has 0 radical (unpaired) electrons. The highest BCUT2D eigenvalue weighted by Gasteiger charge is 2.31. The lowest BCUT2D eigenvalue weighted by atomic mass is 9.91. The van der Waals surface area contributed by atoms with Gasteiger partial charge in [-0.25, -0.2) is 9.36 Å². The van der Waals surface area contributed by atoms with Gasteiger partial charge in [0.25, 0.3) is 5.56 Å². The number of nitrogens with zero attached hydrogens (tertiary/aromatic N) is 2. The third-order valence-corrected chi connectivity index (χ3v) is 4.28. The number of carbonyl (C=O) groups excluding carboxylic acids is 1. The molecule has 0 saturated carbocycles. The number of ether oxygens (including phenoxy) is 1. The van der Waals surface area contributed by atoms with Gasteiger partial charge in [0.15, 0.2) is 0 Å². The fourth-order valence-electron chi connectivity index (χ4n) is 3.22. The molecule has 0 atom stereocenters. The van der Waals surface area contributed by atoms with E-state index in [0.29, 0.717) is 23.5 Å². The predicted octanol–water partition coefficient (Wildman–Crippen LogP) is 3.50. The minimum Gasteiger partial charge on any atom is -0.494 e. The molecule has 27 heavy (non-hydrogen) atoms. The SMILES string of the molecule is COc1ccccc1-n1c(=O)c(NC=O)c(C(C)(C)C)n1-c1ccccc1. The summed E-state index contributed by atoms with van der Waals surface area (Å²) < 4.78 is 8.86. The maximum Gasteiger partial charge on any atom is 0.295 e. The Labute approximate surface area is 158 Å². The van der Waals surface area contributed by atoms with Crippen LogP contribution in [0.25, 0.3) is 11.4 Å². The molecule has 0 aliphatic heterocycles. The number of para-hydroxylation sites is 3. The average molecular weight is 365 g/mol. The van der Waals surface area contributed by atoms with E-state index >= 15 is 0 Å². The van der Waals surface area contributed by atoms with E-state index in [-0.39, 0.29) is 11.2 Å².